The molecule has 0 bridgehead atoms. The Morgan fingerprint density at radius 3 is 2.40 bits per heavy atom. The number of rotatable bonds is 4. The van der Waals surface area contributed by atoms with Crippen LogP contribution in [0.25, 0.3) is 10.8 Å². The van der Waals surface area contributed by atoms with Crippen molar-refractivity contribution < 1.29 is 23.9 Å². The number of methoxy groups -OCH3 is 1. The van der Waals surface area contributed by atoms with Gasteiger partial charge in [0, 0.05) is 6.42 Å². The van der Waals surface area contributed by atoms with Crippen LogP contribution in [0.2, 0.25) is 0 Å². The molecule has 30 heavy (non-hydrogen) atoms. The fourth-order valence-corrected chi connectivity index (χ4v) is 4.18. The van der Waals surface area contributed by atoms with E-state index in [0.717, 1.165) is 10.8 Å². The maximum absolute atomic E-state index is 13.2. The molecule has 1 aliphatic carbocycles. The predicted octanol–water partition coefficient (Wildman–Crippen LogP) is 4.71. The number of carbonyl (C=O) groups excluding carboxylic acids is 3. The molecule has 1 amide bonds. The number of amides is 1. The summed E-state index contributed by atoms with van der Waals surface area (Å²) < 4.78 is 10.5. The highest BCUT2D eigenvalue weighted by Gasteiger charge is 2.55. The third-order valence-corrected chi connectivity index (χ3v) is 5.53. The van der Waals surface area contributed by atoms with E-state index in [-0.39, 0.29) is 12.2 Å². The van der Waals surface area contributed by atoms with Gasteiger partial charge in [-0.05, 0) is 56.0 Å². The Morgan fingerprint density at radius 2 is 1.77 bits per heavy atom. The molecule has 2 aromatic carbocycles. The number of benzene rings is 2. The van der Waals surface area contributed by atoms with Crippen LogP contribution in [0, 0.1) is 5.41 Å². The maximum Gasteiger partial charge on any atom is 0.408 e. The van der Waals surface area contributed by atoms with E-state index in [1.54, 1.807) is 20.8 Å². The first kappa shape index (κ1) is 21.8. The Hall–Kier alpha value is -2.89. The normalized spacial score (nSPS) is 20.5. The Morgan fingerprint density at radius 1 is 1.07 bits per heavy atom. The second-order valence-corrected chi connectivity index (χ2v) is 8.78. The zero-order valence-corrected chi connectivity index (χ0v) is 18.0. The molecule has 0 spiro atoms. The lowest BCUT2D eigenvalue weighted by Crippen LogP contribution is -2.53. The number of nitrogens with one attached hydrogen (secondary N) is 1. The van der Waals surface area contributed by atoms with Gasteiger partial charge in [-0.1, -0.05) is 42.8 Å². The van der Waals surface area contributed by atoms with Crippen LogP contribution in [0.15, 0.2) is 42.5 Å². The van der Waals surface area contributed by atoms with Gasteiger partial charge >= 0.3 is 12.1 Å². The number of hydrogen-bond donors (Lipinski definition) is 1. The standard InChI is InChI=1S/C24H29NO5/c1-23(2,3)30-22(28)25-20(18-13-12-16-9-5-6-10-17(16)15-18)24(21(27)29-4)14-8-7-11-19(24)26/h5-6,9-10,12-13,15,20H,7-8,11,14H2,1-4H3,(H,25,28)/t20-,24-/m1/s1. The molecule has 160 valence electrons. The van der Waals surface area contributed by atoms with E-state index in [1.807, 2.05) is 42.5 Å². The molecule has 2 atom stereocenters. The molecule has 0 aliphatic heterocycles. The molecule has 0 radical (unpaired) electrons. The third-order valence-electron chi connectivity index (χ3n) is 5.53. The van der Waals surface area contributed by atoms with Gasteiger partial charge in [0.2, 0.25) is 0 Å². The zero-order valence-electron chi connectivity index (χ0n) is 18.0. The van der Waals surface area contributed by atoms with E-state index in [2.05, 4.69) is 5.32 Å². The average molecular weight is 411 g/mol. The number of carbonyl (C=O) groups is 3. The summed E-state index contributed by atoms with van der Waals surface area (Å²) in [6.45, 7) is 5.29. The van der Waals surface area contributed by atoms with Crippen molar-refractivity contribution in [3.63, 3.8) is 0 Å². The summed E-state index contributed by atoms with van der Waals surface area (Å²) in [6.07, 6.45) is 1.32. The van der Waals surface area contributed by atoms with Gasteiger partial charge in [0.05, 0.1) is 13.2 Å². The summed E-state index contributed by atoms with van der Waals surface area (Å²) in [6, 6.07) is 12.6. The van der Waals surface area contributed by atoms with E-state index in [9.17, 15) is 14.4 Å². The first-order valence-electron chi connectivity index (χ1n) is 10.3. The van der Waals surface area contributed by atoms with Gasteiger partial charge < -0.3 is 14.8 Å². The largest absolute Gasteiger partial charge is 0.468 e. The summed E-state index contributed by atoms with van der Waals surface area (Å²) in [5.41, 5.74) is -1.53. The summed E-state index contributed by atoms with van der Waals surface area (Å²) >= 11 is 0. The van der Waals surface area contributed by atoms with E-state index in [4.69, 9.17) is 9.47 Å². The fraction of sp³-hybridized carbons (Fsp3) is 0.458. The van der Waals surface area contributed by atoms with Crippen LogP contribution in [0.4, 0.5) is 4.79 Å². The van der Waals surface area contributed by atoms with Crippen molar-refractivity contribution in [3.8, 4) is 0 Å². The minimum Gasteiger partial charge on any atom is -0.468 e. The monoisotopic (exact) mass is 411 g/mol. The van der Waals surface area contributed by atoms with Crippen LogP contribution in [0.5, 0.6) is 0 Å². The molecule has 3 rings (SSSR count). The van der Waals surface area contributed by atoms with Gasteiger partial charge in [0.1, 0.15) is 5.60 Å². The van der Waals surface area contributed by atoms with Gasteiger partial charge in [0.15, 0.2) is 11.2 Å². The zero-order chi connectivity index (χ0) is 21.9. The van der Waals surface area contributed by atoms with Crippen molar-refractivity contribution in [2.75, 3.05) is 7.11 Å². The fourth-order valence-electron chi connectivity index (χ4n) is 4.18. The second-order valence-electron chi connectivity index (χ2n) is 8.78. The Balaban J connectivity index is 2.12. The number of alkyl carbamates (subject to hydrolysis) is 1. The van der Waals surface area contributed by atoms with Gasteiger partial charge in [0.25, 0.3) is 0 Å². The smallest absolute Gasteiger partial charge is 0.408 e. The Bertz CT molecular complexity index is 951. The van der Waals surface area contributed by atoms with Crippen LogP contribution in [0.1, 0.15) is 58.1 Å². The molecule has 2 aromatic rings. The Labute approximate surface area is 176 Å². The predicted molar refractivity (Wildman–Crippen MR) is 114 cm³/mol. The Kier molecular flexibility index (Phi) is 6.15. The van der Waals surface area contributed by atoms with Crippen molar-refractivity contribution in [3.05, 3.63) is 48.0 Å². The molecule has 0 unspecified atom stereocenters. The van der Waals surface area contributed by atoms with Crippen molar-refractivity contribution in [2.24, 2.45) is 5.41 Å². The lowest BCUT2D eigenvalue weighted by atomic mass is 9.66. The molecular weight excluding hydrogens is 382 g/mol. The molecule has 0 aromatic heterocycles. The number of esters is 1. The maximum atomic E-state index is 13.2. The lowest BCUT2D eigenvalue weighted by Gasteiger charge is -2.40. The van der Waals surface area contributed by atoms with Gasteiger partial charge in [-0.15, -0.1) is 0 Å². The van der Waals surface area contributed by atoms with Crippen molar-refractivity contribution in [2.45, 2.75) is 58.1 Å². The van der Waals surface area contributed by atoms with Crippen molar-refractivity contribution in [1.82, 2.24) is 5.32 Å². The molecule has 1 fully saturated rings. The third kappa shape index (κ3) is 4.32. The van der Waals surface area contributed by atoms with Crippen LogP contribution >= 0.6 is 0 Å². The number of hydrogen-bond acceptors (Lipinski definition) is 5. The summed E-state index contributed by atoms with van der Waals surface area (Å²) in [7, 11) is 1.27. The quantitative estimate of drug-likeness (QED) is 0.582. The van der Waals surface area contributed by atoms with Gasteiger partial charge in [-0.2, -0.15) is 0 Å². The second kappa shape index (κ2) is 8.46. The van der Waals surface area contributed by atoms with Crippen LogP contribution in [-0.2, 0) is 19.1 Å². The van der Waals surface area contributed by atoms with E-state index in [0.29, 0.717) is 24.8 Å². The first-order chi connectivity index (χ1) is 14.2. The van der Waals surface area contributed by atoms with Crippen LogP contribution < -0.4 is 5.32 Å². The summed E-state index contributed by atoms with van der Waals surface area (Å²) in [5, 5.41) is 4.81. The highest BCUT2D eigenvalue weighted by Crippen LogP contribution is 2.45. The molecular formula is C24H29NO5. The lowest BCUT2D eigenvalue weighted by molar-refractivity contribution is -0.162. The van der Waals surface area contributed by atoms with Crippen LogP contribution in [-0.4, -0.2) is 30.6 Å². The van der Waals surface area contributed by atoms with E-state index >= 15 is 0 Å². The number of ketones is 1. The molecule has 0 heterocycles. The molecule has 1 N–H and O–H groups in total. The topological polar surface area (TPSA) is 81.7 Å². The average Bonchev–Trinajstić information content (AvgIpc) is 2.70. The number of ether oxygens (including phenoxy) is 2. The highest BCUT2D eigenvalue weighted by atomic mass is 16.6. The van der Waals surface area contributed by atoms with Gasteiger partial charge in [-0.3, -0.25) is 9.59 Å². The van der Waals surface area contributed by atoms with Crippen LogP contribution in [0.3, 0.4) is 0 Å². The summed E-state index contributed by atoms with van der Waals surface area (Å²) in [5.74, 6) is -0.837. The number of Topliss-reactive ketones (excluding diaryl/α,β-unsaturated/α-hetero) is 1. The van der Waals surface area contributed by atoms with E-state index < -0.39 is 29.1 Å². The first-order valence-corrected chi connectivity index (χ1v) is 10.3. The highest BCUT2D eigenvalue weighted by molar-refractivity contribution is 6.05. The molecule has 0 saturated heterocycles. The van der Waals surface area contributed by atoms with Gasteiger partial charge in [-0.25, -0.2) is 4.79 Å². The number of fused-ring (bicyclic) bond motifs is 1. The van der Waals surface area contributed by atoms with E-state index in [1.165, 1.54) is 7.11 Å². The molecule has 6 heteroatoms. The van der Waals surface area contributed by atoms with Crippen molar-refractivity contribution >= 4 is 28.6 Å². The minimum absolute atomic E-state index is 0.213. The molecule has 1 saturated carbocycles. The molecule has 1 aliphatic rings. The van der Waals surface area contributed by atoms with Crippen molar-refractivity contribution in [1.29, 1.82) is 0 Å². The summed E-state index contributed by atoms with van der Waals surface area (Å²) in [4.78, 5) is 38.9. The SMILES string of the molecule is COC(=O)[C@]1([C@H](NC(=O)OC(C)(C)C)c2ccc3ccccc3c2)CCCCC1=O. The molecule has 6 nitrogen and oxygen atoms in total. The minimum atomic E-state index is -1.48.